The van der Waals surface area contributed by atoms with Crippen molar-refractivity contribution in [2.75, 3.05) is 0 Å². The first kappa shape index (κ1) is 16.8. The lowest BCUT2D eigenvalue weighted by atomic mass is 9.70. The quantitative estimate of drug-likeness (QED) is 0.898. The largest absolute Gasteiger partial charge is 0.390 e. The van der Waals surface area contributed by atoms with E-state index in [2.05, 4.69) is 53.4 Å². The van der Waals surface area contributed by atoms with Gasteiger partial charge in [0, 0.05) is 18.6 Å². The summed E-state index contributed by atoms with van der Waals surface area (Å²) in [5.74, 6) is 0. The highest BCUT2D eigenvalue weighted by Crippen LogP contribution is 2.46. The number of aliphatic hydroxyl groups is 2. The summed E-state index contributed by atoms with van der Waals surface area (Å²) in [6.45, 7) is 0.806. The summed E-state index contributed by atoms with van der Waals surface area (Å²) in [7, 11) is 0. The maximum atomic E-state index is 11.3. The number of benzene rings is 2. The van der Waals surface area contributed by atoms with Crippen LogP contribution in [0.5, 0.6) is 0 Å². The molecule has 1 saturated heterocycles. The van der Waals surface area contributed by atoms with Crippen LogP contribution in [-0.2, 0) is 6.54 Å². The summed E-state index contributed by atoms with van der Waals surface area (Å²) in [5, 5.41) is 22.1. The van der Waals surface area contributed by atoms with Gasteiger partial charge in [0.25, 0.3) is 0 Å². The van der Waals surface area contributed by atoms with Crippen molar-refractivity contribution in [2.45, 2.75) is 62.4 Å². The van der Waals surface area contributed by atoms with E-state index in [0.717, 1.165) is 25.8 Å². The fourth-order valence-corrected chi connectivity index (χ4v) is 4.79. The molecule has 3 nitrogen and oxygen atoms in total. The van der Waals surface area contributed by atoms with Gasteiger partial charge in [-0.3, -0.25) is 4.90 Å². The van der Waals surface area contributed by atoms with Gasteiger partial charge >= 0.3 is 0 Å². The van der Waals surface area contributed by atoms with Crippen LogP contribution in [-0.4, -0.2) is 32.9 Å². The van der Waals surface area contributed by atoms with Crippen LogP contribution < -0.4 is 0 Å². The SMILES string of the molecule is O[C@@H]1C[C@H](c2ccccc2)N(Cc2ccccc2)[C@@H]2CCCC[C@@]12O. The van der Waals surface area contributed by atoms with Gasteiger partial charge in [-0.1, -0.05) is 73.5 Å². The molecular weight excluding hydrogens is 310 g/mol. The number of aliphatic hydroxyl groups excluding tert-OH is 1. The molecule has 0 amide bonds. The van der Waals surface area contributed by atoms with Gasteiger partial charge in [-0.15, -0.1) is 0 Å². The fourth-order valence-electron chi connectivity index (χ4n) is 4.79. The third-order valence-electron chi connectivity index (χ3n) is 6.10. The molecule has 132 valence electrons. The summed E-state index contributed by atoms with van der Waals surface area (Å²) in [5.41, 5.74) is 1.51. The second-order valence-electron chi connectivity index (χ2n) is 7.59. The van der Waals surface area contributed by atoms with Crippen LogP contribution in [0.3, 0.4) is 0 Å². The number of hydrogen-bond acceptors (Lipinski definition) is 3. The lowest BCUT2D eigenvalue weighted by Crippen LogP contribution is -2.65. The molecular formula is C22H27NO2. The zero-order chi connectivity index (χ0) is 17.3. The van der Waals surface area contributed by atoms with Crippen LogP contribution in [0.1, 0.15) is 49.3 Å². The van der Waals surface area contributed by atoms with Crippen LogP contribution in [0, 0.1) is 0 Å². The molecule has 2 aliphatic rings. The van der Waals surface area contributed by atoms with Gasteiger partial charge in [-0.05, 0) is 30.4 Å². The van der Waals surface area contributed by atoms with Crippen molar-refractivity contribution >= 4 is 0 Å². The minimum Gasteiger partial charge on any atom is -0.390 e. The fraction of sp³-hybridized carbons (Fsp3) is 0.455. The van der Waals surface area contributed by atoms with Gasteiger partial charge < -0.3 is 10.2 Å². The Morgan fingerprint density at radius 3 is 2.36 bits per heavy atom. The molecule has 1 saturated carbocycles. The number of nitrogens with zero attached hydrogens (tertiary/aromatic N) is 1. The summed E-state index contributed by atoms with van der Waals surface area (Å²) in [4.78, 5) is 2.44. The van der Waals surface area contributed by atoms with Crippen LogP contribution in [0.15, 0.2) is 60.7 Å². The Labute approximate surface area is 149 Å². The predicted octanol–water partition coefficient (Wildman–Crippen LogP) is 3.67. The summed E-state index contributed by atoms with van der Waals surface area (Å²) < 4.78 is 0. The molecule has 2 N–H and O–H groups in total. The maximum Gasteiger partial charge on any atom is 0.106 e. The van der Waals surface area contributed by atoms with Gasteiger partial charge in [-0.2, -0.15) is 0 Å². The van der Waals surface area contributed by atoms with E-state index >= 15 is 0 Å². The maximum absolute atomic E-state index is 11.3. The molecule has 1 aliphatic carbocycles. The van der Waals surface area contributed by atoms with E-state index in [9.17, 15) is 10.2 Å². The minimum absolute atomic E-state index is 0.00964. The average Bonchev–Trinajstić information content (AvgIpc) is 2.66. The Kier molecular flexibility index (Phi) is 4.63. The Hall–Kier alpha value is -1.68. The second kappa shape index (κ2) is 6.91. The van der Waals surface area contributed by atoms with E-state index in [1.165, 1.54) is 11.1 Å². The van der Waals surface area contributed by atoms with Crippen molar-refractivity contribution in [3.63, 3.8) is 0 Å². The van der Waals surface area contributed by atoms with E-state index in [-0.39, 0.29) is 12.1 Å². The Morgan fingerprint density at radius 2 is 1.64 bits per heavy atom. The molecule has 0 bridgehead atoms. The zero-order valence-electron chi connectivity index (χ0n) is 14.6. The van der Waals surface area contributed by atoms with E-state index in [0.29, 0.717) is 12.8 Å². The van der Waals surface area contributed by atoms with Gasteiger partial charge in [0.05, 0.1) is 6.10 Å². The third-order valence-corrected chi connectivity index (χ3v) is 6.10. The first-order valence-electron chi connectivity index (χ1n) is 9.43. The van der Waals surface area contributed by atoms with Crippen LogP contribution in [0.2, 0.25) is 0 Å². The molecule has 0 unspecified atom stereocenters. The van der Waals surface area contributed by atoms with Crippen molar-refractivity contribution in [2.24, 2.45) is 0 Å². The summed E-state index contributed by atoms with van der Waals surface area (Å²) in [6.07, 6.45) is 3.69. The van der Waals surface area contributed by atoms with Crippen molar-refractivity contribution in [1.29, 1.82) is 0 Å². The highest BCUT2D eigenvalue weighted by molar-refractivity contribution is 5.24. The number of fused-ring (bicyclic) bond motifs is 1. The molecule has 2 aromatic carbocycles. The molecule has 0 radical (unpaired) electrons. The molecule has 1 aliphatic heterocycles. The van der Waals surface area contributed by atoms with Gasteiger partial charge in [0.15, 0.2) is 0 Å². The third kappa shape index (κ3) is 3.12. The first-order chi connectivity index (χ1) is 12.2. The van der Waals surface area contributed by atoms with Crippen molar-refractivity contribution < 1.29 is 10.2 Å². The van der Waals surface area contributed by atoms with E-state index in [1.54, 1.807) is 0 Å². The molecule has 1 heterocycles. The molecule has 2 fully saturated rings. The average molecular weight is 337 g/mol. The predicted molar refractivity (Wildman–Crippen MR) is 99.0 cm³/mol. The van der Waals surface area contributed by atoms with Gasteiger partial charge in [-0.25, -0.2) is 0 Å². The molecule has 4 rings (SSSR count). The minimum atomic E-state index is -0.974. The molecule has 25 heavy (non-hydrogen) atoms. The van der Waals surface area contributed by atoms with E-state index in [4.69, 9.17) is 0 Å². The molecule has 3 heteroatoms. The van der Waals surface area contributed by atoms with Crippen molar-refractivity contribution in [1.82, 2.24) is 4.90 Å². The van der Waals surface area contributed by atoms with Crippen LogP contribution in [0.25, 0.3) is 0 Å². The topological polar surface area (TPSA) is 43.7 Å². The van der Waals surface area contributed by atoms with Crippen LogP contribution in [0.4, 0.5) is 0 Å². The molecule has 4 atom stereocenters. The second-order valence-corrected chi connectivity index (χ2v) is 7.59. The molecule has 0 aromatic heterocycles. The highest BCUT2D eigenvalue weighted by Gasteiger charge is 2.53. The van der Waals surface area contributed by atoms with E-state index < -0.39 is 11.7 Å². The standard InChI is InChI=1S/C22H27NO2/c24-21-15-19(18-11-5-2-6-12-18)23(16-17-9-3-1-4-10-17)20-13-7-8-14-22(20,21)25/h1-6,9-12,19-21,24-25H,7-8,13-16H2/t19-,20-,21-,22+/m1/s1. The zero-order valence-corrected chi connectivity index (χ0v) is 14.6. The summed E-state index contributed by atoms with van der Waals surface area (Å²) >= 11 is 0. The smallest absolute Gasteiger partial charge is 0.106 e. The Bertz CT molecular complexity index is 690. The number of likely N-dealkylation sites (tertiary alicyclic amines) is 1. The van der Waals surface area contributed by atoms with Gasteiger partial charge in [0.2, 0.25) is 0 Å². The normalized spacial score (nSPS) is 33.0. The first-order valence-corrected chi connectivity index (χ1v) is 9.43. The van der Waals surface area contributed by atoms with Crippen LogP contribution >= 0.6 is 0 Å². The highest BCUT2D eigenvalue weighted by atomic mass is 16.3. The Balaban J connectivity index is 1.71. The van der Waals surface area contributed by atoms with E-state index in [1.807, 2.05) is 12.1 Å². The monoisotopic (exact) mass is 337 g/mol. The van der Waals surface area contributed by atoms with Crippen molar-refractivity contribution in [3.8, 4) is 0 Å². The van der Waals surface area contributed by atoms with Crippen molar-refractivity contribution in [3.05, 3.63) is 71.8 Å². The number of piperidine rings is 1. The lowest BCUT2D eigenvalue weighted by Gasteiger charge is -2.55. The number of rotatable bonds is 3. The van der Waals surface area contributed by atoms with Gasteiger partial charge in [0.1, 0.15) is 5.60 Å². The molecule has 2 aromatic rings. The summed E-state index contributed by atoms with van der Waals surface area (Å²) in [6, 6.07) is 21.0. The lowest BCUT2D eigenvalue weighted by molar-refractivity contribution is -0.191. The number of hydrogen-bond donors (Lipinski definition) is 2. The molecule has 0 spiro atoms. The Morgan fingerprint density at radius 1 is 0.960 bits per heavy atom.